The molecule has 164 valence electrons. The molecule has 2 aliphatic rings. The molecule has 1 N–H and O–H groups in total. The Morgan fingerprint density at radius 2 is 1.77 bits per heavy atom. The first kappa shape index (κ1) is 21.5. The number of para-hydroxylation sites is 1. The number of carbonyl (C=O) groups excluding carboxylic acids is 2. The number of benzene rings is 2. The lowest BCUT2D eigenvalue weighted by Crippen LogP contribution is -2.44. The molecule has 1 atom stereocenters. The Hall–Kier alpha value is -2.78. The van der Waals surface area contributed by atoms with Crippen molar-refractivity contribution in [2.75, 3.05) is 23.3 Å². The average Bonchev–Trinajstić information content (AvgIpc) is 3.15. The molecule has 1 unspecified atom stereocenters. The summed E-state index contributed by atoms with van der Waals surface area (Å²) in [5.74, 6) is -1.45. The van der Waals surface area contributed by atoms with Gasteiger partial charge in [-0.25, -0.2) is 12.8 Å². The third kappa shape index (κ3) is 4.07. The second-order valence-corrected chi connectivity index (χ2v) is 9.77. The monoisotopic (exact) mass is 445 g/mol. The highest BCUT2D eigenvalue weighted by molar-refractivity contribution is 7.89. The number of carbonyl (C=O) groups is 2. The summed E-state index contributed by atoms with van der Waals surface area (Å²) in [6, 6.07) is 9.51. The maximum Gasteiger partial charge on any atom is 0.247 e. The van der Waals surface area contributed by atoms with Crippen LogP contribution in [0.1, 0.15) is 31.7 Å². The van der Waals surface area contributed by atoms with Crippen molar-refractivity contribution in [1.29, 1.82) is 0 Å². The molecule has 0 spiro atoms. The van der Waals surface area contributed by atoms with Gasteiger partial charge in [-0.3, -0.25) is 14.5 Å². The van der Waals surface area contributed by atoms with Crippen LogP contribution in [-0.2, 0) is 26.0 Å². The molecule has 0 radical (unpaired) electrons. The van der Waals surface area contributed by atoms with Crippen molar-refractivity contribution < 1.29 is 22.4 Å². The highest BCUT2D eigenvalue weighted by Crippen LogP contribution is 2.35. The highest BCUT2D eigenvalue weighted by Gasteiger charge is 2.38. The smallest absolute Gasteiger partial charge is 0.247 e. The van der Waals surface area contributed by atoms with Gasteiger partial charge in [-0.05, 0) is 48.7 Å². The van der Waals surface area contributed by atoms with Crippen LogP contribution in [0.2, 0.25) is 0 Å². The van der Waals surface area contributed by atoms with E-state index < -0.39 is 27.8 Å². The first-order chi connectivity index (χ1) is 14.8. The molecule has 2 heterocycles. The normalized spacial score (nSPS) is 19.2. The molecular weight excluding hydrogens is 421 g/mol. The zero-order valence-corrected chi connectivity index (χ0v) is 18.0. The average molecular weight is 446 g/mol. The molecule has 2 amide bonds. The fourth-order valence-electron chi connectivity index (χ4n) is 4.22. The number of piperidine rings is 1. The summed E-state index contributed by atoms with van der Waals surface area (Å²) in [7, 11) is -3.63. The number of nitrogens with one attached hydrogen (secondary N) is 1. The van der Waals surface area contributed by atoms with Crippen LogP contribution in [0.4, 0.5) is 15.8 Å². The lowest BCUT2D eigenvalue weighted by Gasteiger charge is -2.26. The summed E-state index contributed by atoms with van der Waals surface area (Å²) in [6.07, 6.45) is 2.84. The number of amides is 2. The van der Waals surface area contributed by atoms with Crippen molar-refractivity contribution in [1.82, 2.24) is 4.31 Å². The fraction of sp³-hybridized carbons (Fsp3) is 0.364. The number of nitrogens with zero attached hydrogens (tertiary/aromatic N) is 2. The Morgan fingerprint density at radius 3 is 2.45 bits per heavy atom. The SMILES string of the molecule is CC(=O)N1c2ccc(S(=O)(=O)N3CCCCC3)cc2CC1C(=O)Nc1ccccc1F. The van der Waals surface area contributed by atoms with Crippen LogP contribution in [0.15, 0.2) is 47.4 Å². The summed E-state index contributed by atoms with van der Waals surface area (Å²) in [5, 5.41) is 2.53. The van der Waals surface area contributed by atoms with E-state index in [9.17, 15) is 22.4 Å². The zero-order chi connectivity index (χ0) is 22.2. The van der Waals surface area contributed by atoms with Gasteiger partial charge in [0, 0.05) is 32.1 Å². The topological polar surface area (TPSA) is 86.8 Å². The Labute approximate surface area is 180 Å². The number of halogens is 1. The third-order valence-corrected chi connectivity index (χ3v) is 7.66. The first-order valence-corrected chi connectivity index (χ1v) is 11.7. The van der Waals surface area contributed by atoms with Gasteiger partial charge in [-0.2, -0.15) is 4.31 Å². The molecule has 1 fully saturated rings. The van der Waals surface area contributed by atoms with Gasteiger partial charge in [0.05, 0.1) is 10.6 Å². The van der Waals surface area contributed by atoms with E-state index in [0.717, 1.165) is 19.3 Å². The second kappa shape index (κ2) is 8.39. The van der Waals surface area contributed by atoms with Crippen LogP contribution in [0, 0.1) is 5.82 Å². The van der Waals surface area contributed by atoms with Gasteiger partial charge in [-0.1, -0.05) is 18.6 Å². The van der Waals surface area contributed by atoms with Crippen molar-refractivity contribution in [2.45, 2.75) is 43.5 Å². The molecule has 9 heteroatoms. The third-order valence-electron chi connectivity index (χ3n) is 5.76. The largest absolute Gasteiger partial charge is 0.322 e. The van der Waals surface area contributed by atoms with Gasteiger partial charge in [0.2, 0.25) is 21.8 Å². The summed E-state index contributed by atoms with van der Waals surface area (Å²) >= 11 is 0. The van der Waals surface area contributed by atoms with Crippen LogP contribution >= 0.6 is 0 Å². The molecule has 1 saturated heterocycles. The predicted molar refractivity (Wildman–Crippen MR) is 115 cm³/mol. The minimum absolute atomic E-state index is 0.0281. The van der Waals surface area contributed by atoms with E-state index in [1.807, 2.05) is 0 Å². The lowest BCUT2D eigenvalue weighted by atomic mass is 10.1. The van der Waals surface area contributed by atoms with Crippen LogP contribution in [0.5, 0.6) is 0 Å². The first-order valence-electron chi connectivity index (χ1n) is 10.3. The number of hydrogen-bond donors (Lipinski definition) is 1. The van der Waals surface area contributed by atoms with Crippen molar-refractivity contribution in [2.24, 2.45) is 0 Å². The van der Waals surface area contributed by atoms with Gasteiger partial charge in [0.25, 0.3) is 0 Å². The maximum atomic E-state index is 13.9. The van der Waals surface area contributed by atoms with Gasteiger partial charge in [0.15, 0.2) is 0 Å². The fourth-order valence-corrected chi connectivity index (χ4v) is 5.79. The van der Waals surface area contributed by atoms with Gasteiger partial charge in [-0.15, -0.1) is 0 Å². The zero-order valence-electron chi connectivity index (χ0n) is 17.2. The van der Waals surface area contributed by atoms with E-state index in [4.69, 9.17) is 0 Å². The Kier molecular flexibility index (Phi) is 5.81. The Bertz CT molecular complexity index is 1130. The summed E-state index contributed by atoms with van der Waals surface area (Å²) in [4.78, 5) is 26.7. The van der Waals surface area contributed by atoms with Crippen molar-refractivity contribution in [3.8, 4) is 0 Å². The van der Waals surface area contributed by atoms with Crippen LogP contribution in [-0.4, -0.2) is 43.7 Å². The van der Waals surface area contributed by atoms with E-state index in [1.54, 1.807) is 18.2 Å². The number of sulfonamides is 1. The lowest BCUT2D eigenvalue weighted by molar-refractivity contribution is -0.122. The van der Waals surface area contributed by atoms with E-state index in [1.165, 1.54) is 40.4 Å². The number of rotatable bonds is 4. The predicted octanol–water partition coefficient (Wildman–Crippen LogP) is 2.92. The Balaban J connectivity index is 1.62. The number of hydrogen-bond acceptors (Lipinski definition) is 4. The number of fused-ring (bicyclic) bond motifs is 1. The van der Waals surface area contributed by atoms with Crippen LogP contribution in [0.25, 0.3) is 0 Å². The summed E-state index contributed by atoms with van der Waals surface area (Å²) < 4.78 is 41.5. The molecule has 2 aliphatic heterocycles. The number of anilines is 2. The molecule has 0 bridgehead atoms. The van der Waals surface area contributed by atoms with Crippen molar-refractivity contribution in [3.63, 3.8) is 0 Å². The summed E-state index contributed by atoms with van der Waals surface area (Å²) in [5.41, 5.74) is 1.13. The molecule has 31 heavy (non-hydrogen) atoms. The van der Waals surface area contributed by atoms with Gasteiger partial charge in [0.1, 0.15) is 11.9 Å². The molecule has 0 aliphatic carbocycles. The van der Waals surface area contributed by atoms with E-state index in [-0.39, 0.29) is 22.9 Å². The maximum absolute atomic E-state index is 13.9. The van der Waals surface area contributed by atoms with E-state index in [2.05, 4.69) is 5.32 Å². The van der Waals surface area contributed by atoms with Crippen molar-refractivity contribution in [3.05, 3.63) is 53.8 Å². The van der Waals surface area contributed by atoms with Gasteiger partial charge >= 0.3 is 0 Å². The van der Waals surface area contributed by atoms with Crippen LogP contribution in [0.3, 0.4) is 0 Å². The molecule has 0 aromatic heterocycles. The van der Waals surface area contributed by atoms with Gasteiger partial charge < -0.3 is 5.32 Å². The summed E-state index contributed by atoms with van der Waals surface area (Å²) in [6.45, 7) is 2.33. The molecular formula is C22H24FN3O4S. The van der Waals surface area contributed by atoms with E-state index in [0.29, 0.717) is 24.3 Å². The minimum atomic E-state index is -3.63. The molecule has 2 aromatic carbocycles. The van der Waals surface area contributed by atoms with Crippen LogP contribution < -0.4 is 10.2 Å². The molecule has 2 aromatic rings. The molecule has 4 rings (SSSR count). The highest BCUT2D eigenvalue weighted by atomic mass is 32.2. The molecule has 0 saturated carbocycles. The molecule has 7 nitrogen and oxygen atoms in total. The van der Waals surface area contributed by atoms with E-state index >= 15 is 0 Å². The van der Waals surface area contributed by atoms with Crippen molar-refractivity contribution >= 4 is 33.2 Å². The Morgan fingerprint density at radius 1 is 1.06 bits per heavy atom. The minimum Gasteiger partial charge on any atom is -0.322 e. The standard InChI is InChI=1S/C22H24FN3O4S/c1-15(27)26-20-10-9-17(31(29,30)25-11-5-2-6-12-25)13-16(20)14-21(26)22(28)24-19-8-4-3-7-18(19)23/h3-4,7-10,13,21H,2,5-6,11-12,14H2,1H3,(H,24,28). The quantitative estimate of drug-likeness (QED) is 0.784. The second-order valence-electron chi connectivity index (χ2n) is 7.83.